The molecule has 0 unspecified atom stereocenters. The van der Waals surface area contributed by atoms with Crippen LogP contribution >= 0.6 is 23.4 Å². The minimum absolute atomic E-state index is 0.134. The highest BCUT2D eigenvalue weighted by molar-refractivity contribution is 7.99. The first-order valence-corrected chi connectivity index (χ1v) is 9.94. The molecule has 142 valence electrons. The Kier molecular flexibility index (Phi) is 6.63. The van der Waals surface area contributed by atoms with Crippen molar-refractivity contribution in [1.29, 1.82) is 5.26 Å². The molecule has 0 fully saturated rings. The Balaban J connectivity index is 1.73. The summed E-state index contributed by atoms with van der Waals surface area (Å²) in [5, 5.41) is 21.5. The standard InChI is InChI=1S/C19H17ClN6OS/c1-2-9-26-18(13-5-7-22-8-6-13)24-25-19(26)28-12-17(27)23-16-10-15(20)4-3-14(16)11-21/h3-8,10H,2,9,12H2,1H3,(H,23,27). The number of nitrogens with one attached hydrogen (secondary N) is 1. The summed E-state index contributed by atoms with van der Waals surface area (Å²) in [4.78, 5) is 16.4. The van der Waals surface area contributed by atoms with Gasteiger partial charge in [0.2, 0.25) is 5.91 Å². The van der Waals surface area contributed by atoms with E-state index in [0.29, 0.717) is 21.4 Å². The number of pyridine rings is 1. The zero-order valence-corrected chi connectivity index (χ0v) is 16.7. The molecule has 7 nitrogen and oxygen atoms in total. The average molecular weight is 413 g/mol. The van der Waals surface area contributed by atoms with Crippen molar-refractivity contribution in [2.75, 3.05) is 11.1 Å². The third-order valence-corrected chi connectivity index (χ3v) is 5.01. The van der Waals surface area contributed by atoms with Crippen LogP contribution in [0.3, 0.4) is 0 Å². The van der Waals surface area contributed by atoms with Crippen molar-refractivity contribution in [1.82, 2.24) is 19.7 Å². The minimum atomic E-state index is -0.250. The predicted molar refractivity (Wildman–Crippen MR) is 109 cm³/mol. The number of carbonyl (C=O) groups is 1. The number of hydrogen-bond acceptors (Lipinski definition) is 6. The number of nitrogens with zero attached hydrogens (tertiary/aromatic N) is 5. The second-order valence-corrected chi connectivity index (χ2v) is 7.21. The fourth-order valence-electron chi connectivity index (χ4n) is 2.57. The summed E-state index contributed by atoms with van der Waals surface area (Å²) in [5.74, 6) is 0.629. The van der Waals surface area contributed by atoms with E-state index in [0.717, 1.165) is 24.4 Å². The number of benzene rings is 1. The van der Waals surface area contributed by atoms with E-state index < -0.39 is 0 Å². The van der Waals surface area contributed by atoms with Crippen LogP contribution in [0.15, 0.2) is 47.9 Å². The highest BCUT2D eigenvalue weighted by atomic mass is 35.5. The van der Waals surface area contributed by atoms with E-state index in [-0.39, 0.29) is 11.7 Å². The van der Waals surface area contributed by atoms with E-state index in [2.05, 4.69) is 27.4 Å². The van der Waals surface area contributed by atoms with Gasteiger partial charge < -0.3 is 9.88 Å². The Morgan fingerprint density at radius 3 is 2.79 bits per heavy atom. The Bertz CT molecular complexity index is 1020. The van der Waals surface area contributed by atoms with Gasteiger partial charge in [-0.25, -0.2) is 0 Å². The Morgan fingerprint density at radius 1 is 1.29 bits per heavy atom. The van der Waals surface area contributed by atoms with Crippen molar-refractivity contribution < 1.29 is 4.79 Å². The van der Waals surface area contributed by atoms with Crippen molar-refractivity contribution in [2.24, 2.45) is 0 Å². The number of thioether (sulfide) groups is 1. The second kappa shape index (κ2) is 9.35. The third kappa shape index (κ3) is 4.68. The van der Waals surface area contributed by atoms with Crippen LogP contribution in [0, 0.1) is 11.3 Å². The normalized spacial score (nSPS) is 10.5. The topological polar surface area (TPSA) is 96.5 Å². The average Bonchev–Trinajstić information content (AvgIpc) is 3.10. The molecule has 0 saturated carbocycles. The summed E-state index contributed by atoms with van der Waals surface area (Å²) in [5.41, 5.74) is 1.68. The van der Waals surface area contributed by atoms with Gasteiger partial charge in [-0.2, -0.15) is 5.26 Å². The Hall–Kier alpha value is -2.89. The van der Waals surface area contributed by atoms with Crippen LogP contribution in [0.1, 0.15) is 18.9 Å². The summed E-state index contributed by atoms with van der Waals surface area (Å²) >= 11 is 7.25. The molecule has 1 aromatic carbocycles. The first-order chi connectivity index (χ1) is 13.6. The van der Waals surface area contributed by atoms with Crippen LogP contribution in [0.25, 0.3) is 11.4 Å². The van der Waals surface area contributed by atoms with Crippen LogP contribution in [0.5, 0.6) is 0 Å². The van der Waals surface area contributed by atoms with E-state index in [1.54, 1.807) is 30.6 Å². The lowest BCUT2D eigenvalue weighted by Gasteiger charge is -2.09. The molecule has 0 aliphatic carbocycles. The summed E-state index contributed by atoms with van der Waals surface area (Å²) < 4.78 is 1.99. The maximum absolute atomic E-state index is 12.4. The summed E-state index contributed by atoms with van der Waals surface area (Å²) in [6.45, 7) is 2.81. The van der Waals surface area contributed by atoms with Crippen LogP contribution in [0.4, 0.5) is 5.69 Å². The number of halogens is 1. The van der Waals surface area contributed by atoms with Gasteiger partial charge in [0.05, 0.1) is 17.0 Å². The molecule has 1 amide bonds. The number of amides is 1. The van der Waals surface area contributed by atoms with Crippen molar-refractivity contribution in [3.63, 3.8) is 0 Å². The Morgan fingerprint density at radius 2 is 2.07 bits per heavy atom. The maximum Gasteiger partial charge on any atom is 0.234 e. The number of hydrogen-bond donors (Lipinski definition) is 1. The van der Waals surface area contributed by atoms with Crippen molar-refractivity contribution in [3.05, 3.63) is 53.3 Å². The lowest BCUT2D eigenvalue weighted by molar-refractivity contribution is -0.113. The lowest BCUT2D eigenvalue weighted by atomic mass is 10.2. The zero-order valence-electron chi connectivity index (χ0n) is 15.1. The van der Waals surface area contributed by atoms with Crippen LogP contribution in [-0.2, 0) is 11.3 Å². The number of nitriles is 1. The molecule has 2 aromatic heterocycles. The van der Waals surface area contributed by atoms with Gasteiger partial charge in [-0.15, -0.1) is 10.2 Å². The highest BCUT2D eigenvalue weighted by Gasteiger charge is 2.16. The van der Waals surface area contributed by atoms with Crippen LogP contribution < -0.4 is 5.32 Å². The molecular weight excluding hydrogens is 396 g/mol. The van der Waals surface area contributed by atoms with E-state index in [9.17, 15) is 4.79 Å². The second-order valence-electron chi connectivity index (χ2n) is 5.83. The van der Waals surface area contributed by atoms with Crippen molar-refractivity contribution >= 4 is 35.0 Å². The van der Waals surface area contributed by atoms with Crippen molar-refractivity contribution in [2.45, 2.75) is 25.0 Å². The molecule has 0 spiro atoms. The highest BCUT2D eigenvalue weighted by Crippen LogP contribution is 2.25. The number of anilines is 1. The largest absolute Gasteiger partial charge is 0.324 e. The molecule has 0 atom stereocenters. The fourth-order valence-corrected chi connectivity index (χ4v) is 3.51. The summed E-state index contributed by atoms with van der Waals surface area (Å²) in [6, 6.07) is 10.5. The molecule has 3 rings (SSSR count). The smallest absolute Gasteiger partial charge is 0.234 e. The maximum atomic E-state index is 12.4. The van der Waals surface area contributed by atoms with Gasteiger partial charge in [0.15, 0.2) is 11.0 Å². The van der Waals surface area contributed by atoms with Gasteiger partial charge in [-0.3, -0.25) is 9.78 Å². The molecular formula is C19H17ClN6OS. The van der Waals surface area contributed by atoms with Crippen LogP contribution in [-0.4, -0.2) is 31.4 Å². The lowest BCUT2D eigenvalue weighted by Crippen LogP contribution is -2.15. The van der Waals surface area contributed by atoms with Gasteiger partial charge in [-0.1, -0.05) is 30.3 Å². The molecule has 0 bridgehead atoms. The van der Waals surface area contributed by atoms with Gasteiger partial charge >= 0.3 is 0 Å². The SMILES string of the molecule is CCCn1c(SCC(=O)Nc2cc(Cl)ccc2C#N)nnc1-c1ccncc1. The third-order valence-electron chi connectivity index (χ3n) is 3.81. The molecule has 0 aliphatic rings. The zero-order chi connectivity index (χ0) is 19.9. The van der Waals surface area contributed by atoms with E-state index in [1.165, 1.54) is 11.8 Å². The number of rotatable bonds is 7. The number of carbonyl (C=O) groups excluding carboxylic acids is 1. The van der Waals surface area contributed by atoms with Gasteiger partial charge in [0, 0.05) is 29.5 Å². The quantitative estimate of drug-likeness (QED) is 0.589. The van der Waals surface area contributed by atoms with Gasteiger partial charge in [-0.05, 0) is 36.8 Å². The fraction of sp³-hybridized carbons (Fsp3) is 0.211. The summed E-state index contributed by atoms with van der Waals surface area (Å²) in [6.07, 6.45) is 4.32. The number of aromatic nitrogens is 4. The molecule has 3 aromatic rings. The van der Waals surface area contributed by atoms with E-state index in [4.69, 9.17) is 16.9 Å². The summed E-state index contributed by atoms with van der Waals surface area (Å²) in [7, 11) is 0. The van der Waals surface area contributed by atoms with E-state index >= 15 is 0 Å². The first kappa shape index (κ1) is 19.9. The molecule has 9 heteroatoms. The van der Waals surface area contributed by atoms with Gasteiger partial charge in [0.25, 0.3) is 0 Å². The molecule has 0 saturated heterocycles. The molecule has 2 heterocycles. The molecule has 1 N–H and O–H groups in total. The molecule has 28 heavy (non-hydrogen) atoms. The minimum Gasteiger partial charge on any atom is -0.324 e. The first-order valence-electron chi connectivity index (χ1n) is 8.58. The Labute approximate surface area is 171 Å². The van der Waals surface area contributed by atoms with Gasteiger partial charge in [0.1, 0.15) is 6.07 Å². The van der Waals surface area contributed by atoms with Crippen LogP contribution in [0.2, 0.25) is 5.02 Å². The van der Waals surface area contributed by atoms with E-state index in [1.807, 2.05) is 22.8 Å². The molecule has 0 aliphatic heterocycles. The monoisotopic (exact) mass is 412 g/mol. The predicted octanol–water partition coefficient (Wildman–Crippen LogP) is 4.01. The molecule has 0 radical (unpaired) electrons. The van der Waals surface area contributed by atoms with Crippen molar-refractivity contribution in [3.8, 4) is 17.5 Å².